The molecular formula is C32H28ClN2O3-. The van der Waals surface area contributed by atoms with Gasteiger partial charge in [-0.2, -0.15) is 0 Å². The summed E-state index contributed by atoms with van der Waals surface area (Å²) >= 11 is 6.49. The Balaban J connectivity index is 1.59. The molecule has 0 atom stereocenters. The molecule has 0 saturated carbocycles. The van der Waals surface area contributed by atoms with E-state index < -0.39 is 5.97 Å². The van der Waals surface area contributed by atoms with Crippen LogP contribution in [0.2, 0.25) is 5.02 Å². The van der Waals surface area contributed by atoms with Gasteiger partial charge in [-0.3, -0.25) is 0 Å². The van der Waals surface area contributed by atoms with Gasteiger partial charge in [-0.1, -0.05) is 72.3 Å². The summed E-state index contributed by atoms with van der Waals surface area (Å²) in [6.07, 6.45) is 1.33. The molecule has 0 fully saturated rings. The fourth-order valence-corrected chi connectivity index (χ4v) is 5.28. The maximum Gasteiger partial charge on any atom is 0.119 e. The van der Waals surface area contributed by atoms with E-state index in [2.05, 4.69) is 59.2 Å². The second kappa shape index (κ2) is 11.5. The molecule has 0 aliphatic rings. The molecule has 5 aromatic rings. The minimum Gasteiger partial charge on any atom is -0.545 e. The molecule has 0 bridgehead atoms. The van der Waals surface area contributed by atoms with E-state index in [0.29, 0.717) is 36.8 Å². The Bertz CT molecular complexity index is 1490. The molecule has 1 aromatic heterocycles. The van der Waals surface area contributed by atoms with Crippen LogP contribution >= 0.6 is 11.6 Å². The average Bonchev–Trinajstić information content (AvgIpc) is 3.22. The molecule has 0 aliphatic heterocycles. The van der Waals surface area contributed by atoms with Crippen molar-refractivity contribution < 1.29 is 14.6 Å². The van der Waals surface area contributed by atoms with Crippen LogP contribution in [0.25, 0.3) is 10.9 Å². The predicted molar refractivity (Wildman–Crippen MR) is 150 cm³/mol. The number of hydrogen-bond acceptors (Lipinski definition) is 4. The summed E-state index contributed by atoms with van der Waals surface area (Å²) in [4.78, 5) is 11.0. The third kappa shape index (κ3) is 5.30. The quantitative estimate of drug-likeness (QED) is 0.265. The van der Waals surface area contributed by atoms with Crippen molar-refractivity contribution in [1.29, 1.82) is 0 Å². The van der Waals surface area contributed by atoms with Crippen molar-refractivity contribution in [3.8, 4) is 5.75 Å². The lowest BCUT2D eigenvalue weighted by atomic mass is 9.97. The fraction of sp³-hybridized carbons (Fsp3) is 0.156. The zero-order valence-corrected chi connectivity index (χ0v) is 21.6. The zero-order chi connectivity index (χ0) is 26.5. The van der Waals surface area contributed by atoms with Crippen molar-refractivity contribution in [3.05, 3.63) is 136 Å². The number of carbonyl (C=O) groups is 1. The summed E-state index contributed by atoms with van der Waals surface area (Å²) in [5.74, 6) is -0.609. The lowest BCUT2D eigenvalue weighted by Crippen LogP contribution is -2.21. The van der Waals surface area contributed by atoms with E-state index in [1.54, 1.807) is 12.1 Å². The van der Waals surface area contributed by atoms with E-state index in [-0.39, 0.29) is 11.6 Å². The lowest BCUT2D eigenvalue weighted by molar-refractivity contribution is -0.255. The average molecular weight is 524 g/mol. The highest BCUT2D eigenvalue weighted by molar-refractivity contribution is 6.31. The van der Waals surface area contributed by atoms with Gasteiger partial charge in [0.2, 0.25) is 0 Å². The van der Waals surface area contributed by atoms with Gasteiger partial charge in [-0.25, -0.2) is 0 Å². The van der Waals surface area contributed by atoms with Crippen LogP contribution in [-0.4, -0.2) is 23.7 Å². The molecule has 38 heavy (non-hydrogen) atoms. The monoisotopic (exact) mass is 523 g/mol. The number of nitrogens with zero attached hydrogens (tertiary/aromatic N) is 1. The first-order valence-electron chi connectivity index (χ1n) is 12.6. The van der Waals surface area contributed by atoms with Crippen LogP contribution in [0.4, 0.5) is 0 Å². The standard InChI is InChI=1S/C32H29ClN2O3/c33-25-13-16-29-28(21-25)27(18-20-38-26-14-11-24(12-15-26)32(36)37)30(17-19-34)35(29)31(22-7-3-1-4-8-22)23-9-5-2-6-10-23/h1-16,21,31H,17-20,34H2,(H,36,37)/p-1. The molecule has 0 saturated heterocycles. The zero-order valence-electron chi connectivity index (χ0n) is 20.8. The van der Waals surface area contributed by atoms with Crippen LogP contribution in [0.5, 0.6) is 5.75 Å². The highest BCUT2D eigenvalue weighted by Crippen LogP contribution is 2.37. The fourth-order valence-electron chi connectivity index (χ4n) is 5.11. The van der Waals surface area contributed by atoms with Crippen LogP contribution in [0.15, 0.2) is 103 Å². The third-order valence-electron chi connectivity index (χ3n) is 6.76. The molecule has 1 heterocycles. The van der Waals surface area contributed by atoms with Gasteiger partial charge in [0.1, 0.15) is 5.75 Å². The first kappa shape index (κ1) is 25.6. The number of ether oxygens (including phenoxy) is 1. The number of carboxylic acids is 1. The van der Waals surface area contributed by atoms with Crippen molar-refractivity contribution in [3.63, 3.8) is 0 Å². The van der Waals surface area contributed by atoms with Crippen molar-refractivity contribution >= 4 is 28.5 Å². The van der Waals surface area contributed by atoms with Gasteiger partial charge in [-0.05, 0) is 71.3 Å². The first-order chi connectivity index (χ1) is 18.6. The van der Waals surface area contributed by atoms with Crippen molar-refractivity contribution in [2.45, 2.75) is 18.9 Å². The Kier molecular flexibility index (Phi) is 7.78. The van der Waals surface area contributed by atoms with Crippen LogP contribution < -0.4 is 15.6 Å². The molecular weight excluding hydrogens is 496 g/mol. The maximum atomic E-state index is 11.0. The van der Waals surface area contributed by atoms with E-state index in [1.807, 2.05) is 24.3 Å². The Hall–Kier alpha value is -4.06. The number of nitrogens with two attached hydrogens (primary N) is 1. The number of carbonyl (C=O) groups excluding carboxylic acids is 1. The Morgan fingerprint density at radius 1 is 0.868 bits per heavy atom. The van der Waals surface area contributed by atoms with Gasteiger partial charge in [-0.15, -0.1) is 0 Å². The van der Waals surface area contributed by atoms with E-state index in [0.717, 1.165) is 22.2 Å². The Morgan fingerprint density at radius 3 is 2.08 bits per heavy atom. The molecule has 0 radical (unpaired) electrons. The summed E-state index contributed by atoms with van der Waals surface area (Å²) < 4.78 is 8.41. The topological polar surface area (TPSA) is 80.3 Å². The van der Waals surface area contributed by atoms with Gasteiger partial charge in [0.05, 0.1) is 18.6 Å². The summed E-state index contributed by atoms with van der Waals surface area (Å²) in [6.45, 7) is 0.911. The number of fused-ring (bicyclic) bond motifs is 1. The van der Waals surface area contributed by atoms with Crippen LogP contribution in [0, 0.1) is 0 Å². The molecule has 192 valence electrons. The van der Waals surface area contributed by atoms with Crippen molar-refractivity contribution in [1.82, 2.24) is 4.57 Å². The summed E-state index contributed by atoms with van der Waals surface area (Å²) in [5, 5.41) is 12.8. The minimum atomic E-state index is -1.21. The molecule has 5 nitrogen and oxygen atoms in total. The number of halogens is 1. The molecule has 0 amide bonds. The highest BCUT2D eigenvalue weighted by Gasteiger charge is 2.25. The minimum absolute atomic E-state index is 0.0468. The molecule has 0 aliphatic carbocycles. The summed E-state index contributed by atoms with van der Waals surface area (Å²) in [5.41, 5.74) is 12.0. The van der Waals surface area contributed by atoms with Crippen molar-refractivity contribution in [2.75, 3.05) is 13.2 Å². The summed E-state index contributed by atoms with van der Waals surface area (Å²) in [7, 11) is 0. The van der Waals surface area contributed by atoms with E-state index in [4.69, 9.17) is 22.1 Å². The largest absolute Gasteiger partial charge is 0.545 e. The van der Waals surface area contributed by atoms with Gasteiger partial charge in [0, 0.05) is 34.5 Å². The number of rotatable bonds is 10. The molecule has 4 aromatic carbocycles. The van der Waals surface area contributed by atoms with Gasteiger partial charge in [0.25, 0.3) is 0 Å². The van der Waals surface area contributed by atoms with Crippen molar-refractivity contribution in [2.24, 2.45) is 5.73 Å². The number of aromatic carboxylic acids is 1. The molecule has 0 unspecified atom stereocenters. The SMILES string of the molecule is NCCc1c(CCOc2ccc(C(=O)[O-])cc2)c2cc(Cl)ccc2n1C(c1ccccc1)c1ccccc1. The second-order valence-corrected chi connectivity index (χ2v) is 9.57. The Labute approximate surface area is 227 Å². The number of carboxylic acid groups (broad SMARTS) is 1. The van der Waals surface area contributed by atoms with Gasteiger partial charge in [0.15, 0.2) is 0 Å². The lowest BCUT2D eigenvalue weighted by Gasteiger charge is -2.25. The van der Waals surface area contributed by atoms with Crippen LogP contribution in [-0.2, 0) is 12.8 Å². The normalized spacial score (nSPS) is 11.2. The second-order valence-electron chi connectivity index (χ2n) is 9.13. The van der Waals surface area contributed by atoms with Crippen LogP contribution in [0.1, 0.15) is 38.8 Å². The predicted octanol–water partition coefficient (Wildman–Crippen LogP) is 5.42. The molecule has 0 spiro atoms. The van der Waals surface area contributed by atoms with Gasteiger partial charge < -0.3 is 24.9 Å². The number of benzene rings is 4. The Morgan fingerprint density at radius 2 is 1.50 bits per heavy atom. The van der Waals surface area contributed by atoms with Gasteiger partial charge >= 0.3 is 0 Å². The maximum absolute atomic E-state index is 11.0. The molecule has 6 heteroatoms. The molecule has 2 N–H and O–H groups in total. The highest BCUT2D eigenvalue weighted by atomic mass is 35.5. The molecule has 5 rings (SSSR count). The van der Waals surface area contributed by atoms with E-state index >= 15 is 0 Å². The van der Waals surface area contributed by atoms with E-state index in [1.165, 1.54) is 23.3 Å². The summed E-state index contributed by atoms with van der Waals surface area (Å²) in [6, 6.07) is 33.2. The number of hydrogen-bond donors (Lipinski definition) is 1. The number of aromatic nitrogens is 1. The first-order valence-corrected chi connectivity index (χ1v) is 13.0. The van der Waals surface area contributed by atoms with E-state index in [9.17, 15) is 9.90 Å². The third-order valence-corrected chi connectivity index (χ3v) is 7.00. The smallest absolute Gasteiger partial charge is 0.119 e. The van der Waals surface area contributed by atoms with Crippen LogP contribution in [0.3, 0.4) is 0 Å².